The van der Waals surface area contributed by atoms with Gasteiger partial charge in [0.2, 0.25) is 0 Å². The van der Waals surface area contributed by atoms with E-state index in [0.29, 0.717) is 12.2 Å². The molecule has 96 valence electrons. The number of nitrogens with one attached hydrogen (secondary N) is 1. The van der Waals surface area contributed by atoms with Gasteiger partial charge in [-0.25, -0.2) is 8.78 Å². The van der Waals surface area contributed by atoms with Gasteiger partial charge in [0.25, 0.3) is 0 Å². The van der Waals surface area contributed by atoms with Crippen LogP contribution in [0.15, 0.2) is 18.2 Å². The van der Waals surface area contributed by atoms with Crippen LogP contribution in [0.3, 0.4) is 0 Å². The number of halogens is 2. The maximum atomic E-state index is 13.6. The molecule has 0 amide bonds. The molecule has 0 fully saturated rings. The minimum atomic E-state index is -0.571. The van der Waals surface area contributed by atoms with Crippen molar-refractivity contribution in [2.45, 2.75) is 32.4 Å². The lowest BCUT2D eigenvalue weighted by Gasteiger charge is -2.24. The van der Waals surface area contributed by atoms with Gasteiger partial charge in [0.15, 0.2) is 0 Å². The first-order valence-electron chi connectivity index (χ1n) is 5.59. The van der Waals surface area contributed by atoms with Crippen LogP contribution in [0.1, 0.15) is 32.4 Å². The zero-order valence-electron chi connectivity index (χ0n) is 10.7. The van der Waals surface area contributed by atoms with Crippen LogP contribution in [0.2, 0.25) is 0 Å². The van der Waals surface area contributed by atoms with Crippen LogP contribution in [-0.2, 0) is 4.74 Å². The van der Waals surface area contributed by atoms with E-state index in [1.54, 1.807) is 7.05 Å². The van der Waals surface area contributed by atoms with Crippen LogP contribution in [-0.4, -0.2) is 19.3 Å². The van der Waals surface area contributed by atoms with Crippen LogP contribution in [0, 0.1) is 11.6 Å². The van der Waals surface area contributed by atoms with Gasteiger partial charge in [-0.15, -0.1) is 0 Å². The van der Waals surface area contributed by atoms with Crippen LogP contribution < -0.4 is 5.32 Å². The van der Waals surface area contributed by atoms with Gasteiger partial charge in [0.05, 0.1) is 18.2 Å². The van der Waals surface area contributed by atoms with E-state index in [1.165, 1.54) is 12.1 Å². The third kappa shape index (κ3) is 4.40. The highest BCUT2D eigenvalue weighted by Gasteiger charge is 2.18. The van der Waals surface area contributed by atoms with E-state index in [4.69, 9.17) is 4.74 Å². The molecule has 0 radical (unpaired) electrons. The first-order valence-corrected chi connectivity index (χ1v) is 5.59. The first-order chi connectivity index (χ1) is 7.83. The van der Waals surface area contributed by atoms with Gasteiger partial charge in [0.1, 0.15) is 11.6 Å². The number of rotatable bonds is 4. The van der Waals surface area contributed by atoms with Crippen molar-refractivity contribution in [3.05, 3.63) is 35.4 Å². The largest absolute Gasteiger partial charge is 0.374 e. The average Bonchev–Trinajstić information content (AvgIpc) is 2.19. The molecule has 17 heavy (non-hydrogen) atoms. The zero-order chi connectivity index (χ0) is 13.1. The molecule has 1 aromatic rings. The molecule has 0 bridgehead atoms. The van der Waals surface area contributed by atoms with Gasteiger partial charge in [-0.2, -0.15) is 0 Å². The van der Waals surface area contributed by atoms with Crippen molar-refractivity contribution in [1.29, 1.82) is 0 Å². The van der Waals surface area contributed by atoms with Crippen molar-refractivity contribution in [2.24, 2.45) is 0 Å². The quantitative estimate of drug-likeness (QED) is 0.877. The molecule has 0 saturated carbocycles. The molecule has 0 aliphatic heterocycles. The van der Waals surface area contributed by atoms with Gasteiger partial charge < -0.3 is 10.1 Å². The molecular formula is C13H19F2NO. The highest BCUT2D eigenvalue weighted by Crippen LogP contribution is 2.20. The van der Waals surface area contributed by atoms with Crippen LogP contribution in [0.25, 0.3) is 0 Å². The van der Waals surface area contributed by atoms with Crippen LogP contribution in [0.4, 0.5) is 8.78 Å². The molecule has 1 unspecified atom stereocenters. The first kappa shape index (κ1) is 14.1. The Hall–Kier alpha value is -1.00. The summed E-state index contributed by atoms with van der Waals surface area (Å²) in [6.07, 6.45) is 0. The van der Waals surface area contributed by atoms with E-state index < -0.39 is 11.6 Å². The summed E-state index contributed by atoms with van der Waals surface area (Å²) in [6, 6.07) is 3.30. The summed E-state index contributed by atoms with van der Waals surface area (Å²) in [7, 11) is 1.72. The highest BCUT2D eigenvalue weighted by atomic mass is 19.1. The fraction of sp³-hybridized carbons (Fsp3) is 0.538. The summed E-state index contributed by atoms with van der Waals surface area (Å²) in [5.41, 5.74) is 0.129. The average molecular weight is 243 g/mol. The second kappa shape index (κ2) is 5.56. The summed E-state index contributed by atoms with van der Waals surface area (Å²) in [4.78, 5) is 0. The molecule has 1 rings (SSSR count). The lowest BCUT2D eigenvalue weighted by Crippen LogP contribution is -2.29. The zero-order valence-corrected chi connectivity index (χ0v) is 10.7. The predicted molar refractivity (Wildman–Crippen MR) is 63.9 cm³/mol. The summed E-state index contributed by atoms with van der Waals surface area (Å²) in [5.74, 6) is -1.13. The number of ether oxygens (including phenoxy) is 1. The number of hydrogen-bond donors (Lipinski definition) is 1. The van der Waals surface area contributed by atoms with E-state index in [9.17, 15) is 8.78 Å². The van der Waals surface area contributed by atoms with Crippen LogP contribution in [0.5, 0.6) is 0 Å². The van der Waals surface area contributed by atoms with Crippen LogP contribution >= 0.6 is 0 Å². The van der Waals surface area contributed by atoms with Gasteiger partial charge in [0, 0.05) is 11.6 Å². The number of likely N-dealkylation sites (N-methyl/N-ethyl adjacent to an activating group) is 1. The normalized spacial score (nSPS) is 13.8. The van der Waals surface area contributed by atoms with E-state index in [0.717, 1.165) is 6.07 Å². The molecule has 0 aliphatic rings. The fourth-order valence-electron chi connectivity index (χ4n) is 1.45. The molecule has 1 atom stereocenters. The second-order valence-corrected chi connectivity index (χ2v) is 4.93. The molecule has 0 aliphatic carbocycles. The monoisotopic (exact) mass is 243 g/mol. The smallest absolute Gasteiger partial charge is 0.130 e. The Morgan fingerprint density at radius 2 is 1.94 bits per heavy atom. The van der Waals surface area contributed by atoms with E-state index in [-0.39, 0.29) is 11.6 Å². The third-order valence-electron chi connectivity index (χ3n) is 2.37. The number of hydrogen-bond acceptors (Lipinski definition) is 2. The summed E-state index contributed by atoms with van der Waals surface area (Å²) in [5, 5.41) is 2.96. The molecule has 0 spiro atoms. The second-order valence-electron chi connectivity index (χ2n) is 4.93. The van der Waals surface area contributed by atoms with Crippen molar-refractivity contribution < 1.29 is 13.5 Å². The maximum absolute atomic E-state index is 13.6. The highest BCUT2D eigenvalue weighted by molar-refractivity contribution is 5.22. The van der Waals surface area contributed by atoms with Crippen molar-refractivity contribution in [1.82, 2.24) is 5.32 Å². The Labute approximate surface area is 101 Å². The molecule has 2 nitrogen and oxygen atoms in total. The third-order valence-corrected chi connectivity index (χ3v) is 2.37. The van der Waals surface area contributed by atoms with Crippen molar-refractivity contribution in [3.8, 4) is 0 Å². The number of benzene rings is 1. The van der Waals surface area contributed by atoms with Crippen molar-refractivity contribution in [3.63, 3.8) is 0 Å². The lowest BCUT2D eigenvalue weighted by molar-refractivity contribution is -0.0143. The standard InChI is InChI=1S/C13H19F2NO/c1-13(2,3)17-8-12(16-4)10-6-5-9(14)7-11(10)15/h5-7,12,16H,8H2,1-4H3. The SMILES string of the molecule is CNC(COC(C)(C)C)c1ccc(F)cc1F. The molecule has 0 saturated heterocycles. The summed E-state index contributed by atoms with van der Waals surface area (Å²) in [6.45, 7) is 6.13. The Morgan fingerprint density at radius 3 is 2.41 bits per heavy atom. The lowest BCUT2D eigenvalue weighted by atomic mass is 10.1. The van der Waals surface area contributed by atoms with Gasteiger partial charge in [-0.1, -0.05) is 6.07 Å². The van der Waals surface area contributed by atoms with E-state index >= 15 is 0 Å². The minimum Gasteiger partial charge on any atom is -0.374 e. The fourth-order valence-corrected chi connectivity index (χ4v) is 1.45. The molecule has 0 aromatic heterocycles. The summed E-state index contributed by atoms with van der Waals surface area (Å²) >= 11 is 0. The van der Waals surface area contributed by atoms with E-state index in [2.05, 4.69) is 5.32 Å². The van der Waals surface area contributed by atoms with Crippen molar-refractivity contribution in [2.75, 3.05) is 13.7 Å². The molecule has 0 heterocycles. The molecule has 1 aromatic carbocycles. The van der Waals surface area contributed by atoms with Gasteiger partial charge >= 0.3 is 0 Å². The van der Waals surface area contributed by atoms with Crippen molar-refractivity contribution >= 4 is 0 Å². The minimum absolute atomic E-state index is 0.283. The summed E-state index contributed by atoms with van der Waals surface area (Å²) < 4.78 is 32.0. The predicted octanol–water partition coefficient (Wildman–Crippen LogP) is 3.04. The molecule has 1 N–H and O–H groups in total. The molecular weight excluding hydrogens is 224 g/mol. The van der Waals surface area contributed by atoms with Gasteiger partial charge in [-0.3, -0.25) is 0 Å². The molecule has 4 heteroatoms. The Morgan fingerprint density at radius 1 is 1.29 bits per heavy atom. The van der Waals surface area contributed by atoms with E-state index in [1.807, 2.05) is 20.8 Å². The Kier molecular flexibility index (Phi) is 4.60. The van der Waals surface area contributed by atoms with Gasteiger partial charge in [-0.05, 0) is 33.9 Å². The Bertz CT molecular complexity index is 374. The maximum Gasteiger partial charge on any atom is 0.130 e. The Balaban J connectivity index is 2.79. The topological polar surface area (TPSA) is 21.3 Å².